The molecule has 3 nitrogen and oxygen atoms in total. The molecular weight excluding hydrogens is 268 g/mol. The van der Waals surface area contributed by atoms with Gasteiger partial charge < -0.3 is 10.1 Å². The highest BCUT2D eigenvalue weighted by Gasteiger charge is 2.07. The number of ether oxygens (including phenoxy) is 1. The number of aryl methyl sites for hydroxylation is 1. The Morgan fingerprint density at radius 1 is 1.20 bits per heavy atom. The first-order chi connectivity index (χ1) is 9.56. The van der Waals surface area contributed by atoms with Crippen molar-refractivity contribution < 1.29 is 4.74 Å². The topological polar surface area (TPSA) is 34.2 Å². The molecule has 0 aliphatic carbocycles. The molecule has 1 aromatic carbocycles. The molecule has 0 amide bonds. The maximum absolute atomic E-state index is 5.66. The lowest BCUT2D eigenvalue weighted by molar-refractivity contribution is 0.242. The molecule has 1 atom stereocenters. The maximum Gasteiger partial charge on any atom is 0.119 e. The first kappa shape index (κ1) is 15.0. The van der Waals surface area contributed by atoms with Crippen LogP contribution in [0.5, 0.6) is 5.75 Å². The van der Waals surface area contributed by atoms with E-state index >= 15 is 0 Å². The van der Waals surface area contributed by atoms with Gasteiger partial charge in [0.2, 0.25) is 0 Å². The summed E-state index contributed by atoms with van der Waals surface area (Å²) in [7, 11) is 0. The van der Waals surface area contributed by atoms with Gasteiger partial charge in [-0.1, -0.05) is 12.1 Å². The molecule has 0 aliphatic rings. The molecule has 0 fully saturated rings. The number of nitrogens with zero attached hydrogens (tertiary/aromatic N) is 1. The van der Waals surface area contributed by atoms with Gasteiger partial charge in [-0.3, -0.25) is 0 Å². The summed E-state index contributed by atoms with van der Waals surface area (Å²) in [6.07, 6.45) is 0.214. The van der Waals surface area contributed by atoms with Crippen LogP contribution in [-0.2, 0) is 6.54 Å². The zero-order valence-electron chi connectivity index (χ0n) is 12.5. The van der Waals surface area contributed by atoms with Crippen LogP contribution in [0.15, 0.2) is 29.8 Å². The zero-order chi connectivity index (χ0) is 14.5. The minimum atomic E-state index is 0.214. The highest BCUT2D eigenvalue weighted by Crippen LogP contribution is 2.20. The molecule has 0 saturated heterocycles. The van der Waals surface area contributed by atoms with Gasteiger partial charge in [-0.15, -0.1) is 11.3 Å². The Morgan fingerprint density at radius 3 is 2.45 bits per heavy atom. The van der Waals surface area contributed by atoms with Gasteiger partial charge in [-0.05, 0) is 45.4 Å². The number of hydrogen-bond acceptors (Lipinski definition) is 4. The van der Waals surface area contributed by atoms with E-state index in [-0.39, 0.29) is 6.10 Å². The summed E-state index contributed by atoms with van der Waals surface area (Å²) >= 11 is 1.70. The Balaban J connectivity index is 1.92. The van der Waals surface area contributed by atoms with E-state index in [1.807, 2.05) is 31.5 Å². The summed E-state index contributed by atoms with van der Waals surface area (Å²) in [4.78, 5) is 5.57. The van der Waals surface area contributed by atoms with E-state index in [0.717, 1.165) is 18.0 Å². The fourth-order valence-corrected chi connectivity index (χ4v) is 2.69. The Bertz CT molecular complexity index is 534. The van der Waals surface area contributed by atoms with Gasteiger partial charge in [-0.25, -0.2) is 4.98 Å². The fourth-order valence-electron chi connectivity index (χ4n) is 1.97. The lowest BCUT2D eigenvalue weighted by Gasteiger charge is -2.15. The van der Waals surface area contributed by atoms with Crippen molar-refractivity contribution in [2.24, 2.45) is 0 Å². The van der Waals surface area contributed by atoms with E-state index in [0.29, 0.717) is 6.04 Å². The second-order valence-electron chi connectivity index (χ2n) is 5.20. The fraction of sp³-hybridized carbons (Fsp3) is 0.438. The standard InChI is InChI=1S/C16H22N2OS/c1-11(2)19-15-7-5-14(6-8-15)12(3)17-9-16-13(4)18-10-20-16/h5-8,10-12,17H,9H2,1-4H3. The molecule has 1 unspecified atom stereocenters. The van der Waals surface area contributed by atoms with Gasteiger partial charge in [0.1, 0.15) is 5.75 Å². The van der Waals surface area contributed by atoms with E-state index in [4.69, 9.17) is 4.74 Å². The average molecular weight is 290 g/mol. The smallest absolute Gasteiger partial charge is 0.119 e. The first-order valence-corrected chi connectivity index (χ1v) is 7.83. The summed E-state index contributed by atoms with van der Waals surface area (Å²) in [6, 6.07) is 8.62. The Hall–Kier alpha value is -1.39. The molecule has 2 rings (SSSR count). The second kappa shape index (κ2) is 6.86. The van der Waals surface area contributed by atoms with Crippen LogP contribution in [0.2, 0.25) is 0 Å². The van der Waals surface area contributed by atoms with Crippen molar-refractivity contribution in [3.05, 3.63) is 45.9 Å². The van der Waals surface area contributed by atoms with Crippen LogP contribution in [0.3, 0.4) is 0 Å². The van der Waals surface area contributed by atoms with Crippen molar-refractivity contribution in [2.45, 2.75) is 46.4 Å². The van der Waals surface area contributed by atoms with Gasteiger partial charge in [-0.2, -0.15) is 0 Å². The Kier molecular flexibility index (Phi) is 5.15. The summed E-state index contributed by atoms with van der Waals surface area (Å²) in [5.41, 5.74) is 4.29. The van der Waals surface area contributed by atoms with Crippen molar-refractivity contribution >= 4 is 11.3 Å². The summed E-state index contributed by atoms with van der Waals surface area (Å²) in [6.45, 7) is 9.16. The van der Waals surface area contributed by atoms with Crippen LogP contribution >= 0.6 is 11.3 Å². The van der Waals surface area contributed by atoms with Crippen LogP contribution in [0, 0.1) is 6.92 Å². The van der Waals surface area contributed by atoms with Crippen LogP contribution in [0.4, 0.5) is 0 Å². The molecule has 2 aromatic rings. The summed E-state index contributed by atoms with van der Waals surface area (Å²) < 4.78 is 5.66. The summed E-state index contributed by atoms with van der Waals surface area (Å²) in [5, 5.41) is 3.53. The van der Waals surface area contributed by atoms with Crippen LogP contribution in [0.1, 0.15) is 42.9 Å². The highest BCUT2D eigenvalue weighted by molar-refractivity contribution is 7.09. The van der Waals surface area contributed by atoms with Crippen LogP contribution in [0.25, 0.3) is 0 Å². The van der Waals surface area contributed by atoms with E-state index in [9.17, 15) is 0 Å². The quantitative estimate of drug-likeness (QED) is 0.870. The van der Waals surface area contributed by atoms with Crippen LogP contribution in [-0.4, -0.2) is 11.1 Å². The predicted octanol–water partition coefficient (Wildman–Crippen LogP) is 4.09. The maximum atomic E-state index is 5.66. The largest absolute Gasteiger partial charge is 0.491 e. The van der Waals surface area contributed by atoms with Gasteiger partial charge in [0.25, 0.3) is 0 Å². The number of hydrogen-bond donors (Lipinski definition) is 1. The molecule has 0 bridgehead atoms. The summed E-state index contributed by atoms with van der Waals surface area (Å²) in [5.74, 6) is 0.925. The molecule has 20 heavy (non-hydrogen) atoms. The zero-order valence-corrected chi connectivity index (χ0v) is 13.3. The Morgan fingerprint density at radius 2 is 1.90 bits per heavy atom. The lowest BCUT2D eigenvalue weighted by Crippen LogP contribution is -2.18. The molecule has 0 saturated carbocycles. The van der Waals surface area contributed by atoms with E-state index in [1.54, 1.807) is 11.3 Å². The number of benzene rings is 1. The molecule has 1 heterocycles. The SMILES string of the molecule is Cc1ncsc1CNC(C)c1ccc(OC(C)C)cc1. The normalized spacial score (nSPS) is 12.7. The number of aromatic nitrogens is 1. The number of nitrogens with one attached hydrogen (secondary N) is 1. The monoisotopic (exact) mass is 290 g/mol. The van der Waals surface area contributed by atoms with E-state index < -0.39 is 0 Å². The molecule has 1 aromatic heterocycles. The van der Waals surface area contributed by atoms with Gasteiger partial charge in [0.05, 0.1) is 17.3 Å². The Labute approximate surface area is 125 Å². The number of rotatable bonds is 6. The molecule has 108 valence electrons. The third kappa shape index (κ3) is 4.05. The highest BCUT2D eigenvalue weighted by atomic mass is 32.1. The van der Waals surface area contributed by atoms with Gasteiger partial charge in [0, 0.05) is 17.5 Å². The van der Waals surface area contributed by atoms with Crippen molar-refractivity contribution in [2.75, 3.05) is 0 Å². The van der Waals surface area contributed by atoms with E-state index in [1.165, 1.54) is 10.4 Å². The first-order valence-electron chi connectivity index (χ1n) is 6.95. The lowest BCUT2D eigenvalue weighted by atomic mass is 10.1. The average Bonchev–Trinajstić information content (AvgIpc) is 2.82. The minimum Gasteiger partial charge on any atom is -0.491 e. The van der Waals surface area contributed by atoms with Crippen LogP contribution < -0.4 is 10.1 Å². The minimum absolute atomic E-state index is 0.214. The predicted molar refractivity (Wildman–Crippen MR) is 84.3 cm³/mol. The second-order valence-corrected chi connectivity index (χ2v) is 6.14. The molecule has 1 N–H and O–H groups in total. The van der Waals surface area contributed by atoms with Crippen molar-refractivity contribution in [3.8, 4) is 5.75 Å². The van der Waals surface area contributed by atoms with Gasteiger partial charge >= 0.3 is 0 Å². The van der Waals surface area contributed by atoms with Crippen molar-refractivity contribution in [1.29, 1.82) is 0 Å². The molecule has 0 spiro atoms. The van der Waals surface area contributed by atoms with Gasteiger partial charge in [0.15, 0.2) is 0 Å². The molecular formula is C16H22N2OS. The molecule has 0 radical (unpaired) electrons. The molecule has 4 heteroatoms. The van der Waals surface area contributed by atoms with Crippen molar-refractivity contribution in [3.63, 3.8) is 0 Å². The third-order valence-electron chi connectivity index (χ3n) is 3.17. The third-order valence-corrected chi connectivity index (χ3v) is 4.10. The molecule has 0 aliphatic heterocycles. The number of thiazole rings is 1. The van der Waals surface area contributed by atoms with E-state index in [2.05, 4.69) is 36.3 Å². The van der Waals surface area contributed by atoms with Crippen molar-refractivity contribution in [1.82, 2.24) is 10.3 Å².